The van der Waals surface area contributed by atoms with Gasteiger partial charge in [-0.2, -0.15) is 13.5 Å². The Balaban J connectivity index is 1.48. The third-order valence-corrected chi connectivity index (χ3v) is 9.02. The van der Waals surface area contributed by atoms with Crippen molar-refractivity contribution in [2.24, 2.45) is 10.2 Å². The van der Waals surface area contributed by atoms with Gasteiger partial charge in [-0.1, -0.05) is 29.8 Å². The first-order chi connectivity index (χ1) is 22.2. The molecule has 0 saturated carbocycles. The minimum absolute atomic E-state index is 0.0203. The fourth-order valence-electron chi connectivity index (χ4n) is 3.98. The van der Waals surface area contributed by atoms with Gasteiger partial charge in [0.1, 0.15) is 12.4 Å². The largest absolute Gasteiger partial charge is 0.461 e. The molecule has 47 heavy (non-hydrogen) atoms. The summed E-state index contributed by atoms with van der Waals surface area (Å²) in [4.78, 5) is 36.8. The topological polar surface area (TPSA) is 212 Å². The van der Waals surface area contributed by atoms with E-state index in [1.807, 2.05) is 0 Å². The number of ether oxygens (including phenoxy) is 2. The summed E-state index contributed by atoms with van der Waals surface area (Å²) < 4.78 is 68.8. The molecule has 4 aromatic rings. The van der Waals surface area contributed by atoms with Crippen LogP contribution in [0, 0.1) is 17.0 Å². The Bertz CT molecular complexity index is 2070. The van der Waals surface area contributed by atoms with Gasteiger partial charge in [0.05, 0.1) is 37.4 Å². The van der Waals surface area contributed by atoms with Crippen molar-refractivity contribution in [2.75, 3.05) is 24.3 Å². The fraction of sp³-hybridized carbons (Fsp3) is 0.133. The second-order valence-corrected chi connectivity index (χ2v) is 13.3. The molecule has 0 atom stereocenters. The van der Waals surface area contributed by atoms with Gasteiger partial charge in [-0.25, -0.2) is 18.0 Å². The van der Waals surface area contributed by atoms with Gasteiger partial charge < -0.3 is 9.47 Å². The third-order valence-electron chi connectivity index (χ3n) is 6.48. The first-order valence-electron chi connectivity index (χ1n) is 13.4. The molecule has 4 aromatic carbocycles. The Morgan fingerprint density at radius 1 is 0.894 bits per heavy atom. The van der Waals surface area contributed by atoms with Crippen molar-refractivity contribution in [3.8, 4) is 5.75 Å². The van der Waals surface area contributed by atoms with Crippen molar-refractivity contribution >= 4 is 54.8 Å². The quantitative estimate of drug-likeness (QED) is 0.0653. The SMILES string of the molecule is Cc1ccc(S(=O)(=O)CCOC(=O)c2cc(S(=O)(=O)O)ccc2N(C)C(=O)Oc2ccc(N=Nc3ccccc3[N+](=O)[O-])cc2)cc1. The molecule has 0 fully saturated rings. The van der Waals surface area contributed by atoms with E-state index in [1.165, 1.54) is 61.6 Å². The van der Waals surface area contributed by atoms with Crippen LogP contribution in [0.15, 0.2) is 111 Å². The average Bonchev–Trinajstić information content (AvgIpc) is 3.03. The summed E-state index contributed by atoms with van der Waals surface area (Å²) in [7, 11) is -7.38. The number of hydrogen-bond acceptors (Lipinski definition) is 12. The molecule has 0 unspecified atom stereocenters. The van der Waals surface area contributed by atoms with Gasteiger partial charge in [-0.15, -0.1) is 5.11 Å². The number of nitrogens with zero attached hydrogens (tertiary/aromatic N) is 4. The second kappa shape index (κ2) is 14.3. The monoisotopic (exact) mass is 682 g/mol. The summed E-state index contributed by atoms with van der Waals surface area (Å²) in [5, 5.41) is 19.0. The summed E-state index contributed by atoms with van der Waals surface area (Å²) >= 11 is 0. The third kappa shape index (κ3) is 8.81. The van der Waals surface area contributed by atoms with Crippen molar-refractivity contribution < 1.29 is 45.4 Å². The van der Waals surface area contributed by atoms with Crippen molar-refractivity contribution in [1.82, 2.24) is 0 Å². The Morgan fingerprint density at radius 3 is 2.17 bits per heavy atom. The maximum absolute atomic E-state index is 13.0. The Kier molecular flexibility index (Phi) is 10.4. The van der Waals surface area contributed by atoms with E-state index in [9.17, 15) is 41.1 Å². The predicted octanol–water partition coefficient (Wildman–Crippen LogP) is 5.83. The number of sulfone groups is 1. The van der Waals surface area contributed by atoms with E-state index in [2.05, 4.69) is 10.2 Å². The number of esters is 1. The number of para-hydroxylation sites is 1. The molecule has 15 nitrogen and oxygen atoms in total. The van der Waals surface area contributed by atoms with Crippen LogP contribution in [0.1, 0.15) is 15.9 Å². The van der Waals surface area contributed by atoms with E-state index < -0.39 is 59.8 Å². The molecule has 0 aromatic heterocycles. The summed E-state index contributed by atoms with van der Waals surface area (Å²) in [5.41, 5.74) is 0.289. The Labute approximate surface area is 268 Å². The van der Waals surface area contributed by atoms with Crippen molar-refractivity contribution in [2.45, 2.75) is 16.7 Å². The highest BCUT2D eigenvalue weighted by molar-refractivity contribution is 7.91. The fourth-order valence-corrected chi connectivity index (χ4v) is 5.58. The van der Waals surface area contributed by atoms with Crippen LogP contribution in [0.3, 0.4) is 0 Å². The predicted molar refractivity (Wildman–Crippen MR) is 168 cm³/mol. The number of nitro benzene ring substituents is 1. The van der Waals surface area contributed by atoms with E-state index in [0.717, 1.165) is 28.7 Å². The summed E-state index contributed by atoms with van der Waals surface area (Å²) in [6, 6.07) is 20.2. The number of amides is 1. The number of carbonyl (C=O) groups excluding carboxylic acids is 2. The lowest BCUT2D eigenvalue weighted by molar-refractivity contribution is -0.384. The molecule has 0 aliphatic rings. The Hall–Kier alpha value is -5.52. The molecular weight excluding hydrogens is 656 g/mol. The highest BCUT2D eigenvalue weighted by Crippen LogP contribution is 2.30. The molecule has 0 heterocycles. The van der Waals surface area contributed by atoms with Crippen LogP contribution in [0.25, 0.3) is 0 Å². The van der Waals surface area contributed by atoms with E-state index in [1.54, 1.807) is 25.1 Å². The zero-order valence-corrected chi connectivity index (χ0v) is 26.3. The summed E-state index contributed by atoms with van der Waals surface area (Å²) in [5.74, 6) is -1.71. The van der Waals surface area contributed by atoms with Crippen molar-refractivity contribution in [3.63, 3.8) is 0 Å². The maximum atomic E-state index is 13.0. The van der Waals surface area contributed by atoms with E-state index in [4.69, 9.17) is 9.47 Å². The minimum atomic E-state index is -4.78. The lowest BCUT2D eigenvalue weighted by atomic mass is 10.1. The number of hydrogen-bond donors (Lipinski definition) is 1. The van der Waals surface area contributed by atoms with Crippen LogP contribution < -0.4 is 9.64 Å². The van der Waals surface area contributed by atoms with Gasteiger partial charge in [-0.3, -0.25) is 19.6 Å². The van der Waals surface area contributed by atoms with E-state index in [-0.39, 0.29) is 33.4 Å². The van der Waals surface area contributed by atoms with Gasteiger partial charge in [0.25, 0.3) is 15.8 Å². The van der Waals surface area contributed by atoms with Crippen LogP contribution in [0.5, 0.6) is 5.75 Å². The molecule has 4 rings (SSSR count). The van der Waals surface area contributed by atoms with Gasteiger partial charge in [0, 0.05) is 13.1 Å². The normalized spacial score (nSPS) is 11.6. The summed E-state index contributed by atoms with van der Waals surface area (Å²) in [6.45, 7) is 1.19. The molecular formula is C30H26N4O11S2. The number of azo groups is 1. The Morgan fingerprint density at radius 2 is 1.53 bits per heavy atom. The molecule has 0 aliphatic heterocycles. The van der Waals surface area contributed by atoms with Crippen LogP contribution >= 0.6 is 0 Å². The summed E-state index contributed by atoms with van der Waals surface area (Å²) in [6.07, 6.45) is -1.02. The number of anilines is 1. The van der Waals surface area contributed by atoms with E-state index >= 15 is 0 Å². The molecule has 244 valence electrons. The lowest BCUT2D eigenvalue weighted by Crippen LogP contribution is -2.31. The van der Waals surface area contributed by atoms with Gasteiger partial charge in [0.15, 0.2) is 15.5 Å². The molecule has 1 amide bonds. The molecule has 0 spiro atoms. The first-order valence-corrected chi connectivity index (χ1v) is 16.5. The van der Waals surface area contributed by atoms with Crippen LogP contribution in [0.4, 0.5) is 27.5 Å². The van der Waals surface area contributed by atoms with Crippen molar-refractivity contribution in [3.05, 3.63) is 112 Å². The van der Waals surface area contributed by atoms with Crippen LogP contribution in [-0.4, -0.2) is 57.8 Å². The number of nitro groups is 1. The molecule has 0 bridgehead atoms. The highest BCUT2D eigenvalue weighted by Gasteiger charge is 2.25. The molecule has 17 heteroatoms. The van der Waals surface area contributed by atoms with Gasteiger partial charge in [-0.05, 0) is 67.6 Å². The molecule has 0 saturated heterocycles. The number of benzene rings is 4. The van der Waals surface area contributed by atoms with E-state index in [0.29, 0.717) is 0 Å². The standard InChI is InChI=1S/C30H26N4O11S2/c1-20-7-13-23(14-8-20)46(39,40)18-17-44-29(35)25-19-24(47(41,42)43)15-16-27(25)33(2)30(36)45-22-11-9-21(10-12-22)31-32-26-5-3-4-6-28(26)34(37)38/h3-16,19H,17-18H2,1-2H3,(H,41,42,43). The zero-order chi connectivity index (χ0) is 34.4. The van der Waals surface area contributed by atoms with Crippen LogP contribution in [-0.2, 0) is 24.7 Å². The molecule has 0 radical (unpaired) electrons. The first kappa shape index (κ1) is 34.4. The number of aryl methyl sites for hydroxylation is 1. The van der Waals surface area contributed by atoms with Crippen LogP contribution in [0.2, 0.25) is 0 Å². The second-order valence-electron chi connectivity index (χ2n) is 9.79. The smallest absolute Gasteiger partial charge is 0.419 e. The lowest BCUT2D eigenvalue weighted by Gasteiger charge is -2.20. The molecule has 0 aliphatic carbocycles. The maximum Gasteiger partial charge on any atom is 0.419 e. The van der Waals surface area contributed by atoms with Crippen molar-refractivity contribution in [1.29, 1.82) is 0 Å². The van der Waals surface area contributed by atoms with Gasteiger partial charge in [0.2, 0.25) is 0 Å². The number of rotatable bonds is 11. The minimum Gasteiger partial charge on any atom is -0.461 e. The highest BCUT2D eigenvalue weighted by atomic mass is 32.2. The molecule has 1 N–H and O–H groups in total. The number of carbonyl (C=O) groups is 2. The van der Waals surface area contributed by atoms with Gasteiger partial charge >= 0.3 is 12.1 Å². The zero-order valence-electron chi connectivity index (χ0n) is 24.7. The average molecular weight is 683 g/mol.